The molecule has 16 heteroatoms. The van der Waals surface area contributed by atoms with E-state index in [4.69, 9.17) is 47.9 Å². The van der Waals surface area contributed by atoms with E-state index in [0.29, 0.717) is 113 Å². The van der Waals surface area contributed by atoms with Crippen molar-refractivity contribution in [2.45, 2.75) is 154 Å². The monoisotopic (exact) mass is 1050 g/mol. The Morgan fingerprint density at radius 1 is 0.487 bits per heavy atom. The van der Waals surface area contributed by atoms with Crippen LogP contribution in [0.25, 0.3) is 11.0 Å². The Kier molecular flexibility index (Phi) is 23.8. The molecule has 2 aliphatic carbocycles. The Morgan fingerprint density at radius 3 is 1.20 bits per heavy atom. The molecule has 3 aromatic carbocycles. The highest BCUT2D eigenvalue weighted by Crippen LogP contribution is 2.36. The first-order valence-electron chi connectivity index (χ1n) is 27.0. The van der Waals surface area contributed by atoms with Crippen LogP contribution in [-0.4, -0.2) is 84.4 Å². The van der Waals surface area contributed by atoms with Gasteiger partial charge >= 0.3 is 35.8 Å². The van der Waals surface area contributed by atoms with Crippen molar-refractivity contribution in [3.8, 4) is 23.0 Å². The van der Waals surface area contributed by atoms with Crippen LogP contribution >= 0.6 is 0 Å². The van der Waals surface area contributed by atoms with Crippen LogP contribution in [0.1, 0.15) is 138 Å². The molecule has 0 atom stereocenters. The van der Waals surface area contributed by atoms with E-state index >= 15 is 0 Å². The van der Waals surface area contributed by atoms with Gasteiger partial charge < -0.3 is 37.9 Å². The van der Waals surface area contributed by atoms with Gasteiger partial charge in [-0.3, -0.25) is 19.2 Å². The minimum absolute atomic E-state index is 0.218. The topological polar surface area (TPSA) is 202 Å². The molecule has 0 N–H and O–H groups in total. The third kappa shape index (κ3) is 19.6. The zero-order valence-electron chi connectivity index (χ0n) is 44.2. The van der Waals surface area contributed by atoms with Crippen molar-refractivity contribution in [2.75, 3.05) is 26.4 Å². The SMILES string of the molecule is C=CC(=O)OCCCCCCOc1ccc(CCC(=O)O[C@H]2CC[C@H](C(=O)Oc3ccc(OC(=O)[C@H]4CC[C@H](OC(=O)CCc5ccc(OCCCCCCOC(=O)C=C)cc5)CC4)c4nc(C)c(C)nc34)CC2)cc1. The first-order valence-corrected chi connectivity index (χ1v) is 27.0. The summed E-state index contributed by atoms with van der Waals surface area (Å²) in [5.41, 5.74) is 3.90. The van der Waals surface area contributed by atoms with Crippen molar-refractivity contribution < 1.29 is 66.7 Å². The van der Waals surface area contributed by atoms with Crippen molar-refractivity contribution in [1.82, 2.24) is 9.97 Å². The summed E-state index contributed by atoms with van der Waals surface area (Å²) in [5, 5.41) is 0. The van der Waals surface area contributed by atoms with Gasteiger partial charge in [0.1, 0.15) is 34.7 Å². The van der Waals surface area contributed by atoms with Crippen molar-refractivity contribution in [2.24, 2.45) is 11.8 Å². The van der Waals surface area contributed by atoms with Crippen LogP contribution in [0.3, 0.4) is 0 Å². The fourth-order valence-corrected chi connectivity index (χ4v) is 9.08. The van der Waals surface area contributed by atoms with Gasteiger partial charge in [-0.15, -0.1) is 0 Å². The molecule has 0 aliphatic heterocycles. The first-order chi connectivity index (χ1) is 36.9. The van der Waals surface area contributed by atoms with E-state index < -0.39 is 35.7 Å². The van der Waals surface area contributed by atoms with Crippen LogP contribution in [0.4, 0.5) is 0 Å². The van der Waals surface area contributed by atoms with E-state index in [9.17, 15) is 28.8 Å². The van der Waals surface area contributed by atoms with Gasteiger partial charge in [-0.05, 0) is 177 Å². The Bertz CT molecular complexity index is 2390. The highest BCUT2D eigenvalue weighted by Gasteiger charge is 2.32. The van der Waals surface area contributed by atoms with Crippen molar-refractivity contribution in [3.05, 3.63) is 108 Å². The van der Waals surface area contributed by atoms with Gasteiger partial charge in [-0.25, -0.2) is 19.6 Å². The molecule has 16 nitrogen and oxygen atoms in total. The largest absolute Gasteiger partial charge is 0.494 e. The molecule has 0 unspecified atom stereocenters. The number of aromatic nitrogens is 2. The molecule has 0 spiro atoms. The standard InChI is InChI=1S/C60H74N2O14/c1-5-53(63)71-39-13-9-7-11-37-69-47-25-15-43(16-26-47)19-35-55(65)73-49-29-21-45(22-30-49)59(67)75-51-33-34-52(58-57(51)61-41(3)42(4)62-58)76-60(68)46-23-31-50(32-24-46)74-56(66)36-20-44-17-27-48(28-18-44)70-38-12-8-10-14-40-72-54(64)6-2/h5-6,15-18,25-28,33-34,45-46,49-50H,1-2,7-14,19-24,29-32,35-40H2,3-4H3/t45-,46-,49-,50-. The molecule has 408 valence electrons. The zero-order chi connectivity index (χ0) is 54.1. The number of unbranched alkanes of at least 4 members (excludes halogenated alkanes) is 6. The molecule has 2 aliphatic rings. The van der Waals surface area contributed by atoms with E-state index in [1.165, 1.54) is 0 Å². The van der Waals surface area contributed by atoms with Crippen molar-refractivity contribution in [3.63, 3.8) is 0 Å². The average molecular weight is 1050 g/mol. The second-order valence-corrected chi connectivity index (χ2v) is 19.5. The first kappa shape index (κ1) is 58.2. The fraction of sp³-hybridized carbons (Fsp3) is 0.500. The Hall–Kier alpha value is -7.10. The number of fused-ring (bicyclic) bond motifs is 1. The van der Waals surface area contributed by atoms with Gasteiger partial charge in [0, 0.05) is 25.0 Å². The number of rotatable bonds is 30. The summed E-state index contributed by atoms with van der Waals surface area (Å²) in [4.78, 5) is 84.3. The molecule has 6 rings (SSSR count). The fourth-order valence-electron chi connectivity index (χ4n) is 9.08. The molecule has 2 fully saturated rings. The number of nitrogens with zero attached hydrogens (tertiary/aromatic N) is 2. The summed E-state index contributed by atoms with van der Waals surface area (Å²) in [5.74, 6) is -1.00. The number of hydrogen-bond donors (Lipinski definition) is 0. The molecule has 1 heterocycles. The maximum atomic E-state index is 13.5. The maximum Gasteiger partial charge on any atom is 0.330 e. The lowest BCUT2D eigenvalue weighted by Crippen LogP contribution is -2.30. The van der Waals surface area contributed by atoms with Gasteiger partial charge in [0.15, 0.2) is 11.5 Å². The summed E-state index contributed by atoms with van der Waals surface area (Å²) in [6.07, 6.45) is 14.7. The van der Waals surface area contributed by atoms with Crippen LogP contribution < -0.4 is 18.9 Å². The summed E-state index contributed by atoms with van der Waals surface area (Å²) < 4.78 is 45.2. The Morgan fingerprint density at radius 2 is 0.842 bits per heavy atom. The molecule has 4 aromatic rings. The van der Waals surface area contributed by atoms with Crippen molar-refractivity contribution >= 4 is 46.8 Å². The van der Waals surface area contributed by atoms with Crippen LogP contribution in [-0.2, 0) is 60.6 Å². The predicted octanol–water partition coefficient (Wildman–Crippen LogP) is 10.9. The van der Waals surface area contributed by atoms with E-state index in [1.54, 1.807) is 12.1 Å². The van der Waals surface area contributed by atoms with Crippen LogP contribution in [0.5, 0.6) is 23.0 Å². The molecular weight excluding hydrogens is 973 g/mol. The number of esters is 6. The summed E-state index contributed by atoms with van der Waals surface area (Å²) in [6, 6.07) is 18.6. The number of carbonyl (C=O) groups is 6. The van der Waals surface area contributed by atoms with Gasteiger partial charge in [0.2, 0.25) is 0 Å². The van der Waals surface area contributed by atoms with E-state index in [1.807, 2.05) is 62.4 Å². The number of hydrogen-bond acceptors (Lipinski definition) is 16. The molecule has 76 heavy (non-hydrogen) atoms. The summed E-state index contributed by atoms with van der Waals surface area (Å²) >= 11 is 0. The van der Waals surface area contributed by atoms with Crippen molar-refractivity contribution in [1.29, 1.82) is 0 Å². The van der Waals surface area contributed by atoms with E-state index in [-0.39, 0.29) is 48.5 Å². The minimum atomic E-state index is -0.410. The lowest BCUT2D eigenvalue weighted by molar-refractivity contribution is -0.153. The van der Waals surface area contributed by atoms with Crippen LogP contribution in [0.2, 0.25) is 0 Å². The lowest BCUT2D eigenvalue weighted by Gasteiger charge is -2.27. The number of carbonyl (C=O) groups excluding carboxylic acids is 6. The van der Waals surface area contributed by atoms with Gasteiger partial charge in [0.05, 0.1) is 49.7 Å². The number of aryl methyl sites for hydroxylation is 4. The molecule has 2 saturated carbocycles. The predicted molar refractivity (Wildman–Crippen MR) is 284 cm³/mol. The third-order valence-corrected chi connectivity index (χ3v) is 13.7. The maximum absolute atomic E-state index is 13.5. The molecule has 0 radical (unpaired) electrons. The molecule has 1 aromatic heterocycles. The van der Waals surface area contributed by atoms with Gasteiger partial charge in [-0.2, -0.15) is 0 Å². The summed E-state index contributed by atoms with van der Waals surface area (Å²) in [6.45, 7) is 12.4. The van der Waals surface area contributed by atoms with Gasteiger partial charge in [-0.1, -0.05) is 37.4 Å². The molecular formula is C60H74N2O14. The second-order valence-electron chi connectivity index (χ2n) is 19.5. The molecule has 0 bridgehead atoms. The van der Waals surface area contributed by atoms with Crippen LogP contribution in [0.15, 0.2) is 86.0 Å². The third-order valence-electron chi connectivity index (χ3n) is 13.7. The lowest BCUT2D eigenvalue weighted by atomic mass is 9.87. The average Bonchev–Trinajstić information content (AvgIpc) is 3.43. The normalized spacial score (nSPS) is 17.1. The number of benzene rings is 3. The van der Waals surface area contributed by atoms with Gasteiger partial charge in [0.25, 0.3) is 0 Å². The number of ether oxygens (including phenoxy) is 8. The smallest absolute Gasteiger partial charge is 0.330 e. The molecule has 0 amide bonds. The second kappa shape index (κ2) is 31.1. The molecule has 0 saturated heterocycles. The Labute approximate surface area is 446 Å². The minimum Gasteiger partial charge on any atom is -0.494 e. The quantitative estimate of drug-likeness (QED) is 0.0157. The van der Waals surface area contributed by atoms with Crippen LogP contribution in [0, 0.1) is 25.7 Å². The van der Waals surface area contributed by atoms with E-state index in [0.717, 1.165) is 86.1 Å². The summed E-state index contributed by atoms with van der Waals surface area (Å²) in [7, 11) is 0. The van der Waals surface area contributed by atoms with E-state index in [2.05, 4.69) is 13.2 Å². The zero-order valence-corrected chi connectivity index (χ0v) is 44.2. The highest BCUT2D eigenvalue weighted by molar-refractivity contribution is 5.91. The highest BCUT2D eigenvalue weighted by atomic mass is 16.6. The Balaban J connectivity index is 0.862.